The van der Waals surface area contributed by atoms with Crippen molar-refractivity contribution >= 4 is 56.2 Å². The summed E-state index contributed by atoms with van der Waals surface area (Å²) in [6.07, 6.45) is -6.11. The third kappa shape index (κ3) is 6.01. The summed E-state index contributed by atoms with van der Waals surface area (Å²) in [5.41, 5.74) is 11.1. The number of fused-ring (bicyclic) bond motifs is 2. The van der Waals surface area contributed by atoms with Gasteiger partial charge in [-0.3, -0.25) is 28.2 Å². The number of phosphoric acid groups is 2. The molecule has 6 heterocycles. The van der Waals surface area contributed by atoms with Gasteiger partial charge in [-0.05, 0) is 0 Å². The number of imidazole rings is 1. The highest BCUT2D eigenvalue weighted by Gasteiger charge is 2.59. The van der Waals surface area contributed by atoms with Crippen LogP contribution < -0.4 is 16.8 Å². The number of phosphoric ester groups is 2. The summed E-state index contributed by atoms with van der Waals surface area (Å²) in [6, 6.07) is -1.15. The molecule has 3 amide bonds. The number of nitrogens with two attached hydrogens (primary N) is 2. The molecular formula is C20H26N10O14P2. The zero-order valence-electron chi connectivity index (χ0n) is 23.0. The van der Waals surface area contributed by atoms with Gasteiger partial charge in [-0.25, -0.2) is 33.8 Å². The van der Waals surface area contributed by atoms with Crippen molar-refractivity contribution in [1.29, 1.82) is 0 Å². The number of aliphatic hydroxyl groups excluding tert-OH is 1. The van der Waals surface area contributed by atoms with E-state index in [1.807, 2.05) is 0 Å². The van der Waals surface area contributed by atoms with Gasteiger partial charge >= 0.3 is 21.7 Å². The second-order valence-corrected chi connectivity index (χ2v) is 12.8. The first kappa shape index (κ1) is 32.4. The highest BCUT2D eigenvalue weighted by atomic mass is 31.2. The monoisotopic (exact) mass is 692 g/mol. The van der Waals surface area contributed by atoms with Crippen molar-refractivity contribution in [3.8, 4) is 0 Å². The van der Waals surface area contributed by atoms with Gasteiger partial charge in [-0.1, -0.05) is 0 Å². The van der Waals surface area contributed by atoms with Crippen LogP contribution in [0.25, 0.3) is 11.2 Å². The molecule has 46 heavy (non-hydrogen) atoms. The molecule has 24 nitrogen and oxygen atoms in total. The fourth-order valence-corrected chi connectivity index (χ4v) is 6.90. The molecule has 2 fully saturated rings. The van der Waals surface area contributed by atoms with Crippen molar-refractivity contribution in [2.24, 2.45) is 15.7 Å². The minimum atomic E-state index is -5.08. The first-order valence-electron chi connectivity index (χ1n) is 13.1. The number of aliphatic imine (C=N–C) groups is 2. The fourth-order valence-electron chi connectivity index (χ4n) is 5.37. The van der Waals surface area contributed by atoms with Gasteiger partial charge < -0.3 is 45.8 Å². The second-order valence-electron chi connectivity index (χ2n) is 10.2. The van der Waals surface area contributed by atoms with Crippen LogP contribution in [0.3, 0.4) is 0 Å². The van der Waals surface area contributed by atoms with E-state index in [0.29, 0.717) is 4.90 Å². The molecule has 4 aliphatic heterocycles. The average Bonchev–Trinajstić information content (AvgIpc) is 3.70. The molecule has 0 aromatic carbocycles. The van der Waals surface area contributed by atoms with Gasteiger partial charge in [-0.2, -0.15) is 9.98 Å². The number of aromatic nitrogens is 4. The number of carbonyl (C=O) groups is 2. The molecule has 0 spiro atoms. The molecule has 6 rings (SSSR count). The number of anilines is 1. The highest BCUT2D eigenvalue weighted by Crippen LogP contribution is 2.50. The second kappa shape index (κ2) is 11.6. The molecule has 10 N–H and O–H groups in total. The molecule has 0 bridgehead atoms. The average molecular weight is 692 g/mol. The smallest absolute Gasteiger partial charge is 0.394 e. The predicted molar refractivity (Wildman–Crippen MR) is 146 cm³/mol. The summed E-state index contributed by atoms with van der Waals surface area (Å²) in [5, 5.41) is 23.0. The molecule has 26 heteroatoms. The van der Waals surface area contributed by atoms with Gasteiger partial charge in [-0.15, -0.1) is 0 Å². The molecule has 8 atom stereocenters. The first-order chi connectivity index (χ1) is 21.6. The van der Waals surface area contributed by atoms with Crippen LogP contribution in [0.5, 0.6) is 0 Å². The van der Waals surface area contributed by atoms with E-state index in [-0.39, 0.29) is 23.4 Å². The molecule has 2 aromatic heterocycles. The van der Waals surface area contributed by atoms with Crippen LogP contribution in [0.2, 0.25) is 0 Å². The number of hydrogen-bond donors (Lipinski definition) is 8. The Balaban J connectivity index is 1.14. The number of hydrogen-bond acceptors (Lipinski definition) is 17. The van der Waals surface area contributed by atoms with Gasteiger partial charge in [0.15, 0.2) is 23.1 Å². The Bertz CT molecular complexity index is 1730. The summed E-state index contributed by atoms with van der Waals surface area (Å²) in [6.45, 7) is -1.58. The van der Waals surface area contributed by atoms with Crippen LogP contribution in [0.4, 0.5) is 10.6 Å². The van der Waals surface area contributed by atoms with Crippen molar-refractivity contribution in [3.63, 3.8) is 0 Å². The maximum Gasteiger partial charge on any atom is 0.472 e. The number of rotatable bonds is 10. The highest BCUT2D eigenvalue weighted by molar-refractivity contribution is 7.47. The lowest BCUT2D eigenvalue weighted by molar-refractivity contribution is -0.131. The third-order valence-corrected chi connectivity index (χ3v) is 8.83. The van der Waals surface area contributed by atoms with Gasteiger partial charge in [0.1, 0.15) is 48.7 Å². The minimum absolute atomic E-state index is 0.0691. The zero-order chi connectivity index (χ0) is 33.2. The topological polar surface area (TPSA) is 351 Å². The Morgan fingerprint density at radius 2 is 1.74 bits per heavy atom. The zero-order valence-corrected chi connectivity index (χ0v) is 24.8. The fraction of sp³-hybridized carbons (Fsp3) is 0.550. The number of nitrogens with zero attached hydrogens (tertiary/aromatic N) is 7. The van der Waals surface area contributed by atoms with Crippen LogP contribution in [-0.2, 0) is 37.0 Å². The Hall–Kier alpha value is -3.51. The van der Waals surface area contributed by atoms with Crippen LogP contribution >= 0.6 is 15.6 Å². The molecule has 0 aliphatic carbocycles. The van der Waals surface area contributed by atoms with E-state index in [2.05, 4.69) is 30.3 Å². The van der Waals surface area contributed by atoms with E-state index in [1.165, 1.54) is 17.2 Å². The van der Waals surface area contributed by atoms with Crippen molar-refractivity contribution in [3.05, 3.63) is 12.7 Å². The minimum Gasteiger partial charge on any atom is -0.394 e. The predicted octanol–water partition coefficient (Wildman–Crippen LogP) is -3.25. The van der Waals surface area contributed by atoms with Gasteiger partial charge in [0.05, 0.1) is 19.5 Å². The van der Waals surface area contributed by atoms with Crippen LogP contribution in [-0.4, -0.2) is 123 Å². The lowest BCUT2D eigenvalue weighted by Crippen LogP contribution is -2.63. The van der Waals surface area contributed by atoms with E-state index in [9.17, 15) is 43.6 Å². The maximum atomic E-state index is 13.0. The molecule has 0 radical (unpaired) electrons. The Morgan fingerprint density at radius 1 is 1.04 bits per heavy atom. The Labute approximate surface area is 255 Å². The lowest BCUT2D eigenvalue weighted by Gasteiger charge is -2.35. The van der Waals surface area contributed by atoms with Crippen LogP contribution in [0.1, 0.15) is 19.1 Å². The summed E-state index contributed by atoms with van der Waals surface area (Å²) in [5.74, 6) is -4.12. The van der Waals surface area contributed by atoms with Crippen LogP contribution in [0, 0.1) is 0 Å². The van der Waals surface area contributed by atoms with Gasteiger partial charge in [0, 0.05) is 12.8 Å². The quantitative estimate of drug-likeness (QED) is 0.113. The van der Waals surface area contributed by atoms with Gasteiger partial charge in [0.2, 0.25) is 0 Å². The number of amides is 3. The number of carbonyl (C=O) groups excluding carboxylic acids is 2. The van der Waals surface area contributed by atoms with Crippen molar-refractivity contribution in [2.75, 3.05) is 18.9 Å². The molecule has 2 unspecified atom stereocenters. The summed E-state index contributed by atoms with van der Waals surface area (Å²) in [7, 11) is -10.1. The van der Waals surface area contributed by atoms with E-state index in [1.54, 1.807) is 0 Å². The number of aliphatic hydroxyl groups is 2. The number of guanidine groups is 1. The van der Waals surface area contributed by atoms with E-state index >= 15 is 0 Å². The van der Waals surface area contributed by atoms with Crippen molar-refractivity contribution in [1.82, 2.24) is 29.7 Å². The van der Waals surface area contributed by atoms with Gasteiger partial charge in [0.25, 0.3) is 11.8 Å². The van der Waals surface area contributed by atoms with E-state index in [0.717, 1.165) is 0 Å². The molecule has 2 aromatic rings. The summed E-state index contributed by atoms with van der Waals surface area (Å²) in [4.78, 5) is 74.0. The SMILES string of the molecule is NC1=NC2(O)C(=NC(=O)N2[C@H]2C[C@H](OP(=O)(O)OC[C@H]3O[C@@H](n4cnc5c(N)ncnc54)C[C@@H]3OP(=O)(O)O)[C@@H](CO)O2)C(=O)N1. The van der Waals surface area contributed by atoms with E-state index in [4.69, 9.17) is 34.5 Å². The number of urea groups is 1. The first-order valence-corrected chi connectivity index (χ1v) is 16.2. The molecule has 250 valence electrons. The molecular weight excluding hydrogens is 666 g/mol. The molecule has 4 aliphatic rings. The Kier molecular flexibility index (Phi) is 8.20. The van der Waals surface area contributed by atoms with E-state index < -0.39 is 102 Å². The maximum absolute atomic E-state index is 13.0. The number of ether oxygens (including phenoxy) is 2. The lowest BCUT2D eigenvalue weighted by atomic mass is 10.1. The standard InChI is InChI=1S/C20H26N10O14P2/c21-15-13-16(24-5-23-15)29(6-25-13)11-1-8(43-45(35,36)37)10(42-11)4-40-46(38,39)44-7-2-12(41-9(7)3-31)30-19(33)26-14-17(32)27-18(22)28-20(14,30)34/h5-12,31,34H,1-4H2,(H,38,39)(H2,21,23,24)(H2,35,36,37)(H3,22,27,28,32)/t7-,8-,9+,10+,11+,12+,20?/m0/s1. The van der Waals surface area contributed by atoms with Crippen LogP contribution in [0.15, 0.2) is 22.6 Å². The normalized spacial score (nSPS) is 32.8. The molecule has 2 saturated heterocycles. The number of nitrogens with one attached hydrogen (secondary N) is 1. The van der Waals surface area contributed by atoms with Crippen molar-refractivity contribution in [2.45, 2.75) is 55.6 Å². The largest absolute Gasteiger partial charge is 0.472 e. The Morgan fingerprint density at radius 3 is 2.46 bits per heavy atom. The third-order valence-electron chi connectivity index (χ3n) is 7.27. The van der Waals surface area contributed by atoms with Crippen molar-refractivity contribution < 1.29 is 66.7 Å². The summed E-state index contributed by atoms with van der Waals surface area (Å²) < 4.78 is 52.6. The number of nitrogen functional groups attached to an aromatic ring is 1. The summed E-state index contributed by atoms with van der Waals surface area (Å²) >= 11 is 0. The molecule has 0 saturated carbocycles.